The van der Waals surface area contributed by atoms with E-state index in [9.17, 15) is 0 Å². The monoisotopic (exact) mass is 322 g/mol. The molecule has 126 valence electrons. The van der Waals surface area contributed by atoms with E-state index in [0.29, 0.717) is 0 Å². The number of allylic oxidation sites excluding steroid dienone is 2. The Morgan fingerprint density at radius 1 is 0.917 bits per heavy atom. The van der Waals surface area contributed by atoms with Crippen molar-refractivity contribution in [2.45, 2.75) is 54.9 Å². The lowest BCUT2D eigenvalue weighted by molar-refractivity contribution is -0.387. The van der Waals surface area contributed by atoms with Crippen molar-refractivity contribution in [1.29, 1.82) is 0 Å². The van der Waals surface area contributed by atoms with E-state index in [1.54, 1.807) is 0 Å². The van der Waals surface area contributed by atoms with Gasteiger partial charge in [-0.3, -0.25) is 0 Å². The highest BCUT2D eigenvalue weighted by atomic mass is 14.8. The maximum atomic E-state index is 3.64. The van der Waals surface area contributed by atoms with E-state index >= 15 is 0 Å². The molecule has 0 aliphatic carbocycles. The molecule has 3 heteroatoms. The smallest absolute Gasteiger partial charge is 0.209 e. The Morgan fingerprint density at radius 3 is 2.17 bits per heavy atom. The van der Waals surface area contributed by atoms with Crippen LogP contribution in [0.3, 0.4) is 0 Å². The zero-order valence-electron chi connectivity index (χ0n) is 15.9. The summed E-state index contributed by atoms with van der Waals surface area (Å²) in [4.78, 5) is 10.6. The van der Waals surface area contributed by atoms with Gasteiger partial charge in [-0.25, -0.2) is 4.99 Å². The van der Waals surface area contributed by atoms with Gasteiger partial charge in [0, 0.05) is 40.5 Å². The summed E-state index contributed by atoms with van der Waals surface area (Å²) in [6.45, 7) is 15.2. The topological polar surface area (TPSA) is 45.5 Å². The molecule has 2 aromatic rings. The van der Waals surface area contributed by atoms with Gasteiger partial charge in [-0.05, 0) is 70.7 Å². The lowest BCUT2D eigenvalue weighted by Gasteiger charge is -1.98. The predicted octanol–water partition coefficient (Wildman–Crippen LogP) is 3.34. The lowest BCUT2D eigenvalue weighted by atomic mass is 10.0. The number of hydrogen-bond acceptors (Lipinski definition) is 0. The van der Waals surface area contributed by atoms with Crippen molar-refractivity contribution >= 4 is 11.8 Å². The van der Waals surface area contributed by atoms with Crippen molar-refractivity contribution in [3.63, 3.8) is 0 Å². The second kappa shape index (κ2) is 5.97. The van der Waals surface area contributed by atoms with Crippen LogP contribution in [0, 0.1) is 34.6 Å². The molecule has 0 saturated carbocycles. The highest BCUT2D eigenvalue weighted by Gasteiger charge is 2.26. The molecule has 1 aliphatic heterocycles. The predicted molar refractivity (Wildman–Crippen MR) is 101 cm³/mol. The first-order valence-electron chi connectivity index (χ1n) is 8.61. The van der Waals surface area contributed by atoms with Gasteiger partial charge in [0.1, 0.15) is 0 Å². The molecular weight excluding hydrogens is 294 g/mol. The zero-order valence-corrected chi connectivity index (χ0v) is 15.9. The number of nitrogens with one attached hydrogen (secondary N) is 3. The van der Waals surface area contributed by atoms with Crippen molar-refractivity contribution in [3.8, 4) is 0 Å². The van der Waals surface area contributed by atoms with Crippen LogP contribution in [-0.2, 0) is 6.42 Å². The first-order valence-corrected chi connectivity index (χ1v) is 8.61. The van der Waals surface area contributed by atoms with E-state index in [4.69, 9.17) is 0 Å². The van der Waals surface area contributed by atoms with E-state index in [2.05, 4.69) is 75.7 Å². The van der Waals surface area contributed by atoms with E-state index in [1.165, 1.54) is 61.9 Å². The maximum absolute atomic E-state index is 3.64. The normalized spacial score (nSPS) is 16.5. The first kappa shape index (κ1) is 16.6. The summed E-state index contributed by atoms with van der Waals surface area (Å²) < 4.78 is 0. The Morgan fingerprint density at radius 2 is 1.62 bits per heavy atom. The SMILES string of the molecule is CC1=C(C)/C(=C\c2[nH]c(C)c(C)c2C)[NH+]=C1Cc1[nH]cc(C)c1C. The van der Waals surface area contributed by atoms with Crippen LogP contribution >= 0.6 is 0 Å². The third-order valence-electron chi connectivity index (χ3n) is 5.71. The second-order valence-corrected chi connectivity index (χ2v) is 7.08. The molecule has 0 fully saturated rings. The number of aromatic amines is 2. The summed E-state index contributed by atoms with van der Waals surface area (Å²) in [5.41, 5.74) is 14.3. The molecular formula is C21H28N3+. The zero-order chi connectivity index (χ0) is 17.6. The summed E-state index contributed by atoms with van der Waals surface area (Å²) in [5.74, 6) is 0. The summed E-state index contributed by atoms with van der Waals surface area (Å²) in [5, 5.41) is 0. The average Bonchev–Trinajstić information content (AvgIpc) is 3.09. The molecule has 0 amide bonds. The van der Waals surface area contributed by atoms with E-state index in [-0.39, 0.29) is 0 Å². The van der Waals surface area contributed by atoms with Gasteiger partial charge in [0.05, 0.1) is 6.42 Å². The molecule has 3 heterocycles. The summed E-state index contributed by atoms with van der Waals surface area (Å²) >= 11 is 0. The fourth-order valence-corrected chi connectivity index (χ4v) is 3.27. The van der Waals surface area contributed by atoms with E-state index < -0.39 is 0 Å². The molecule has 0 unspecified atom stereocenters. The minimum atomic E-state index is 0.919. The van der Waals surface area contributed by atoms with Gasteiger partial charge >= 0.3 is 0 Å². The first-order chi connectivity index (χ1) is 11.3. The largest absolute Gasteiger partial charge is 0.364 e. The Labute approximate surface area is 144 Å². The van der Waals surface area contributed by atoms with Crippen molar-refractivity contribution in [3.05, 3.63) is 62.4 Å². The summed E-state index contributed by atoms with van der Waals surface area (Å²) in [6.07, 6.45) is 5.26. The third kappa shape index (κ3) is 2.68. The van der Waals surface area contributed by atoms with Gasteiger partial charge in [0.25, 0.3) is 0 Å². The average molecular weight is 322 g/mol. The van der Waals surface area contributed by atoms with Crippen molar-refractivity contribution in [2.75, 3.05) is 0 Å². The fraction of sp³-hybridized carbons (Fsp3) is 0.381. The van der Waals surface area contributed by atoms with Crippen molar-refractivity contribution < 1.29 is 4.99 Å². The fourth-order valence-electron chi connectivity index (χ4n) is 3.27. The quantitative estimate of drug-likeness (QED) is 0.776. The van der Waals surface area contributed by atoms with E-state index in [0.717, 1.165) is 6.42 Å². The van der Waals surface area contributed by atoms with Crippen LogP contribution in [0.2, 0.25) is 0 Å². The molecule has 3 N–H and O–H groups in total. The van der Waals surface area contributed by atoms with Crippen LogP contribution in [0.1, 0.15) is 53.2 Å². The minimum Gasteiger partial charge on any atom is -0.364 e. The van der Waals surface area contributed by atoms with Gasteiger partial charge in [-0.15, -0.1) is 0 Å². The van der Waals surface area contributed by atoms with Crippen molar-refractivity contribution in [2.24, 2.45) is 0 Å². The van der Waals surface area contributed by atoms with Crippen LogP contribution in [-0.4, -0.2) is 15.7 Å². The standard InChI is InChI=1S/C21H27N3/c1-11-10-22-18(12(11)2)8-20-15(5)16(6)21(24-20)9-19-14(4)13(3)17(7)23-19/h9-10,22-23H,8H2,1-7H3/p+1/b21-9+. The maximum Gasteiger partial charge on any atom is 0.209 e. The number of hydrogen-bond donors (Lipinski definition) is 3. The molecule has 0 atom stereocenters. The Hall–Kier alpha value is -2.29. The molecule has 0 aromatic carbocycles. The molecule has 0 bridgehead atoms. The van der Waals surface area contributed by atoms with Crippen molar-refractivity contribution in [1.82, 2.24) is 9.97 Å². The van der Waals surface area contributed by atoms with Gasteiger partial charge in [0.2, 0.25) is 5.70 Å². The molecule has 1 aliphatic rings. The van der Waals surface area contributed by atoms with Crippen LogP contribution in [0.4, 0.5) is 0 Å². The summed E-state index contributed by atoms with van der Waals surface area (Å²) in [6, 6.07) is 0. The third-order valence-corrected chi connectivity index (χ3v) is 5.71. The van der Waals surface area contributed by atoms with E-state index in [1.807, 2.05) is 0 Å². The molecule has 3 nitrogen and oxygen atoms in total. The Kier molecular flexibility index (Phi) is 4.12. The molecule has 24 heavy (non-hydrogen) atoms. The number of aromatic nitrogens is 2. The molecule has 0 spiro atoms. The summed E-state index contributed by atoms with van der Waals surface area (Å²) in [7, 11) is 0. The lowest BCUT2D eigenvalue weighted by Crippen LogP contribution is -2.68. The van der Waals surface area contributed by atoms with Crippen LogP contribution in [0.15, 0.2) is 23.0 Å². The molecule has 2 aromatic heterocycles. The highest BCUT2D eigenvalue weighted by Crippen LogP contribution is 2.22. The van der Waals surface area contributed by atoms with Gasteiger partial charge < -0.3 is 9.97 Å². The molecule has 0 saturated heterocycles. The number of rotatable bonds is 3. The van der Waals surface area contributed by atoms with Gasteiger partial charge in [-0.1, -0.05) is 0 Å². The number of H-pyrrole nitrogens is 2. The second-order valence-electron chi connectivity index (χ2n) is 7.08. The number of aryl methyl sites for hydroxylation is 2. The highest BCUT2D eigenvalue weighted by molar-refractivity contribution is 6.00. The van der Waals surface area contributed by atoms with Gasteiger partial charge in [-0.2, -0.15) is 0 Å². The molecule has 3 rings (SSSR count). The van der Waals surface area contributed by atoms with Crippen LogP contribution < -0.4 is 4.99 Å². The van der Waals surface area contributed by atoms with Crippen LogP contribution in [0.5, 0.6) is 0 Å². The molecule has 0 radical (unpaired) electrons. The van der Waals surface area contributed by atoms with Crippen LogP contribution in [0.25, 0.3) is 6.08 Å². The Bertz CT molecular complexity index is 898. The minimum absolute atomic E-state index is 0.919. The van der Waals surface area contributed by atoms with Gasteiger partial charge in [0.15, 0.2) is 5.71 Å². The Balaban J connectivity index is 1.96.